The molecule has 0 spiro atoms. The molecule has 4 heteroatoms. The number of hydrogen-bond donors (Lipinski definition) is 1. The Morgan fingerprint density at radius 2 is 2.29 bits per heavy atom. The first kappa shape index (κ1) is 13.0. The summed E-state index contributed by atoms with van der Waals surface area (Å²) in [6, 6.07) is 0. The average Bonchev–Trinajstić information content (AvgIpc) is 2.79. The van der Waals surface area contributed by atoms with Crippen molar-refractivity contribution in [1.29, 1.82) is 0 Å². The lowest BCUT2D eigenvalue weighted by Gasteiger charge is -2.38. The summed E-state index contributed by atoms with van der Waals surface area (Å²) in [5, 5.41) is 3.18. The highest BCUT2D eigenvalue weighted by Crippen LogP contribution is 2.38. The van der Waals surface area contributed by atoms with Gasteiger partial charge in [0.15, 0.2) is 0 Å². The number of ether oxygens (including phenoxy) is 1. The second kappa shape index (κ2) is 5.04. The summed E-state index contributed by atoms with van der Waals surface area (Å²) in [7, 11) is 1.76. The molecule has 0 amide bonds. The third kappa shape index (κ3) is 2.39. The van der Waals surface area contributed by atoms with Crippen LogP contribution in [0.25, 0.3) is 0 Å². The van der Waals surface area contributed by atoms with Gasteiger partial charge in [0.2, 0.25) is 0 Å². The predicted molar refractivity (Wildman–Crippen MR) is 71.3 cm³/mol. The summed E-state index contributed by atoms with van der Waals surface area (Å²) in [6.45, 7) is 4.33. The molecule has 1 aliphatic rings. The van der Waals surface area contributed by atoms with Gasteiger partial charge in [-0.1, -0.05) is 26.7 Å². The summed E-state index contributed by atoms with van der Waals surface area (Å²) in [5.74, 6) is 0.466. The molecule has 1 heterocycles. The van der Waals surface area contributed by atoms with Crippen LogP contribution in [0.4, 0.5) is 0 Å². The van der Waals surface area contributed by atoms with Crippen LogP contribution in [0.15, 0.2) is 5.38 Å². The highest BCUT2D eigenvalue weighted by molar-refractivity contribution is 7.09. The molecule has 2 N–H and O–H groups in total. The fourth-order valence-electron chi connectivity index (χ4n) is 2.50. The summed E-state index contributed by atoms with van der Waals surface area (Å²) in [6.07, 6.45) is 4.52. The summed E-state index contributed by atoms with van der Waals surface area (Å²) >= 11 is 1.69. The van der Waals surface area contributed by atoms with E-state index >= 15 is 0 Å². The maximum absolute atomic E-state index is 6.57. The van der Waals surface area contributed by atoms with Gasteiger partial charge in [-0.05, 0) is 18.8 Å². The minimum Gasteiger partial charge on any atom is -0.379 e. The number of hydrogen-bond acceptors (Lipinski definition) is 4. The standard InChI is InChI=1S/C13H22N2OS/c1-9(2)10-8-17-12(15-10)13(14)7-5-4-6-11(13)16-3/h8-9,11H,4-7,14H2,1-3H3. The van der Waals surface area contributed by atoms with Crippen LogP contribution in [-0.4, -0.2) is 18.2 Å². The zero-order valence-corrected chi connectivity index (χ0v) is 11.7. The van der Waals surface area contributed by atoms with E-state index in [1.54, 1.807) is 18.4 Å². The molecule has 0 radical (unpaired) electrons. The molecule has 96 valence electrons. The third-order valence-electron chi connectivity index (χ3n) is 3.68. The molecule has 1 fully saturated rings. The Kier molecular flexibility index (Phi) is 3.85. The van der Waals surface area contributed by atoms with Crippen LogP contribution in [-0.2, 0) is 10.3 Å². The molecule has 1 saturated carbocycles. The van der Waals surface area contributed by atoms with Crippen molar-refractivity contribution in [2.75, 3.05) is 7.11 Å². The number of methoxy groups -OCH3 is 1. The van der Waals surface area contributed by atoms with Gasteiger partial charge in [0, 0.05) is 12.5 Å². The molecule has 0 saturated heterocycles. The van der Waals surface area contributed by atoms with E-state index in [0.29, 0.717) is 5.92 Å². The normalized spacial score (nSPS) is 29.8. The highest BCUT2D eigenvalue weighted by Gasteiger charge is 2.41. The molecular formula is C13H22N2OS. The monoisotopic (exact) mass is 254 g/mol. The smallest absolute Gasteiger partial charge is 0.115 e. The van der Waals surface area contributed by atoms with Crippen LogP contribution in [0.5, 0.6) is 0 Å². The lowest BCUT2D eigenvalue weighted by molar-refractivity contribution is 0.00362. The minimum absolute atomic E-state index is 0.113. The second-order valence-corrected chi connectivity index (χ2v) is 6.10. The van der Waals surface area contributed by atoms with E-state index in [4.69, 9.17) is 15.5 Å². The largest absolute Gasteiger partial charge is 0.379 e. The van der Waals surface area contributed by atoms with Crippen molar-refractivity contribution < 1.29 is 4.74 Å². The fourth-order valence-corrected chi connectivity index (χ4v) is 3.67. The minimum atomic E-state index is -0.370. The number of thiazole rings is 1. The lowest BCUT2D eigenvalue weighted by atomic mass is 9.80. The van der Waals surface area contributed by atoms with Crippen molar-refractivity contribution in [3.05, 3.63) is 16.1 Å². The molecular weight excluding hydrogens is 232 g/mol. The first-order chi connectivity index (χ1) is 8.08. The van der Waals surface area contributed by atoms with Gasteiger partial charge in [-0.25, -0.2) is 4.98 Å². The van der Waals surface area contributed by atoms with Crippen molar-refractivity contribution >= 4 is 11.3 Å². The number of aromatic nitrogens is 1. The van der Waals surface area contributed by atoms with Gasteiger partial charge in [0.25, 0.3) is 0 Å². The Labute approximate surface area is 107 Å². The topological polar surface area (TPSA) is 48.1 Å². The van der Waals surface area contributed by atoms with Crippen molar-refractivity contribution in [2.24, 2.45) is 5.73 Å². The average molecular weight is 254 g/mol. The maximum Gasteiger partial charge on any atom is 0.115 e. The molecule has 17 heavy (non-hydrogen) atoms. The van der Waals surface area contributed by atoms with Crippen LogP contribution in [0, 0.1) is 0 Å². The van der Waals surface area contributed by atoms with Crippen LogP contribution >= 0.6 is 11.3 Å². The van der Waals surface area contributed by atoms with Gasteiger partial charge >= 0.3 is 0 Å². The summed E-state index contributed by atoms with van der Waals surface area (Å²) < 4.78 is 5.57. The van der Waals surface area contributed by atoms with Crippen molar-refractivity contribution in [3.8, 4) is 0 Å². The number of nitrogens with zero attached hydrogens (tertiary/aromatic N) is 1. The van der Waals surface area contributed by atoms with Gasteiger partial charge in [-0.2, -0.15) is 0 Å². The SMILES string of the molecule is COC1CCCCC1(N)c1nc(C(C)C)cs1. The zero-order chi connectivity index (χ0) is 12.5. The molecule has 0 bridgehead atoms. The van der Waals surface area contributed by atoms with E-state index in [9.17, 15) is 0 Å². The Balaban J connectivity index is 2.28. The van der Waals surface area contributed by atoms with E-state index in [2.05, 4.69) is 19.2 Å². The van der Waals surface area contributed by atoms with Gasteiger partial charge in [-0.15, -0.1) is 11.3 Å². The van der Waals surface area contributed by atoms with Crippen LogP contribution in [0.3, 0.4) is 0 Å². The fraction of sp³-hybridized carbons (Fsp3) is 0.769. The Morgan fingerprint density at radius 3 is 2.88 bits per heavy atom. The predicted octanol–water partition coefficient (Wildman–Crippen LogP) is 3.01. The molecule has 3 nitrogen and oxygen atoms in total. The van der Waals surface area contributed by atoms with E-state index in [-0.39, 0.29) is 11.6 Å². The lowest BCUT2D eigenvalue weighted by Crippen LogP contribution is -2.50. The first-order valence-electron chi connectivity index (χ1n) is 6.35. The Bertz CT molecular complexity index is 377. The molecule has 1 aromatic heterocycles. The van der Waals surface area contributed by atoms with Crippen molar-refractivity contribution in [3.63, 3.8) is 0 Å². The molecule has 0 aromatic carbocycles. The summed E-state index contributed by atoms with van der Waals surface area (Å²) in [5.41, 5.74) is 7.35. The zero-order valence-electron chi connectivity index (χ0n) is 10.9. The molecule has 2 atom stereocenters. The molecule has 1 aliphatic carbocycles. The van der Waals surface area contributed by atoms with Crippen LogP contribution < -0.4 is 5.73 Å². The number of rotatable bonds is 3. The van der Waals surface area contributed by atoms with Crippen molar-refractivity contribution in [1.82, 2.24) is 4.98 Å². The second-order valence-electron chi connectivity index (χ2n) is 5.24. The van der Waals surface area contributed by atoms with Gasteiger partial charge in [-0.3, -0.25) is 0 Å². The Hall–Kier alpha value is -0.450. The van der Waals surface area contributed by atoms with E-state index in [0.717, 1.165) is 23.5 Å². The quantitative estimate of drug-likeness (QED) is 0.902. The van der Waals surface area contributed by atoms with E-state index in [1.807, 2.05) is 0 Å². The van der Waals surface area contributed by atoms with E-state index in [1.165, 1.54) is 12.8 Å². The first-order valence-corrected chi connectivity index (χ1v) is 7.23. The maximum atomic E-state index is 6.57. The Morgan fingerprint density at radius 1 is 1.53 bits per heavy atom. The molecule has 2 unspecified atom stereocenters. The van der Waals surface area contributed by atoms with Gasteiger partial charge in [0.1, 0.15) is 5.01 Å². The number of nitrogens with two attached hydrogens (primary N) is 1. The van der Waals surface area contributed by atoms with Crippen LogP contribution in [0.1, 0.15) is 56.2 Å². The van der Waals surface area contributed by atoms with Crippen molar-refractivity contribution in [2.45, 2.75) is 57.1 Å². The molecule has 0 aliphatic heterocycles. The van der Waals surface area contributed by atoms with Gasteiger partial charge < -0.3 is 10.5 Å². The molecule has 1 aromatic rings. The highest BCUT2D eigenvalue weighted by atomic mass is 32.1. The van der Waals surface area contributed by atoms with Crippen LogP contribution in [0.2, 0.25) is 0 Å². The third-order valence-corrected chi connectivity index (χ3v) is 4.73. The molecule has 2 rings (SSSR count). The van der Waals surface area contributed by atoms with Gasteiger partial charge in [0.05, 0.1) is 17.3 Å². The summed E-state index contributed by atoms with van der Waals surface area (Å²) in [4.78, 5) is 4.72. The van der Waals surface area contributed by atoms with E-state index < -0.39 is 0 Å².